The summed E-state index contributed by atoms with van der Waals surface area (Å²) in [5, 5.41) is 11.8. The van der Waals surface area contributed by atoms with Crippen molar-refractivity contribution >= 4 is 29.1 Å². The number of carbonyl (C=O) groups is 2. The number of fused-ring (bicyclic) bond motifs is 1. The minimum absolute atomic E-state index is 0.00164. The number of hydroxylamine groups is 2. The maximum absolute atomic E-state index is 13.1. The van der Waals surface area contributed by atoms with Crippen molar-refractivity contribution in [3.63, 3.8) is 0 Å². The van der Waals surface area contributed by atoms with Gasteiger partial charge in [-0.15, -0.1) is 0 Å². The third kappa shape index (κ3) is 4.38. The average Bonchev–Trinajstić information content (AvgIpc) is 3.49. The Bertz CT molecular complexity index is 1450. The summed E-state index contributed by atoms with van der Waals surface area (Å²) in [5.74, 6) is 0.572. The summed E-state index contributed by atoms with van der Waals surface area (Å²) in [4.78, 5) is 39.7. The fraction of sp³-hybridized carbons (Fsp3) is 0.269. The Morgan fingerprint density at radius 1 is 1.06 bits per heavy atom. The lowest BCUT2D eigenvalue weighted by atomic mass is 10.1. The smallest absolute Gasteiger partial charge is 0.309 e. The molecule has 0 unspecified atom stereocenters. The van der Waals surface area contributed by atoms with Gasteiger partial charge in [0.1, 0.15) is 0 Å². The summed E-state index contributed by atoms with van der Waals surface area (Å²) in [5.41, 5.74) is 4.29. The molecule has 4 aromatic rings. The standard InChI is InChI=1S/C26H25N7O3/c1-16-21(28-26(35)33-22(11-12-36-33)17-5-3-2-4-6-17)13-19(14-27-16)20-9-10-24-29-23(15-32(24)31-20)30-25(34)18-7-8-18/h2-6,9-10,13-15,18,22H,7-8,11-12H2,1H3,(H,28,35)(H,30,34)/t22-/m0/s1. The summed E-state index contributed by atoms with van der Waals surface area (Å²) in [6.45, 7) is 2.31. The Labute approximate surface area is 207 Å². The van der Waals surface area contributed by atoms with E-state index in [9.17, 15) is 9.59 Å². The number of hydrogen-bond acceptors (Lipinski definition) is 6. The second-order valence-corrected chi connectivity index (χ2v) is 9.07. The molecule has 1 aliphatic carbocycles. The van der Waals surface area contributed by atoms with Gasteiger partial charge in [0.05, 0.1) is 35.9 Å². The second-order valence-electron chi connectivity index (χ2n) is 9.07. The Kier molecular flexibility index (Phi) is 5.57. The molecule has 182 valence electrons. The fourth-order valence-electron chi connectivity index (χ4n) is 4.29. The minimum Gasteiger partial charge on any atom is -0.309 e. The largest absolute Gasteiger partial charge is 0.346 e. The van der Waals surface area contributed by atoms with Crippen LogP contribution in [0.2, 0.25) is 0 Å². The van der Waals surface area contributed by atoms with E-state index in [2.05, 4.69) is 25.7 Å². The zero-order valence-corrected chi connectivity index (χ0v) is 19.7. The van der Waals surface area contributed by atoms with E-state index < -0.39 is 0 Å². The van der Waals surface area contributed by atoms with Gasteiger partial charge in [0.15, 0.2) is 11.5 Å². The lowest BCUT2D eigenvalue weighted by Crippen LogP contribution is -2.33. The zero-order chi connectivity index (χ0) is 24.6. The van der Waals surface area contributed by atoms with Crippen molar-refractivity contribution in [3.05, 3.63) is 72.2 Å². The second kappa shape index (κ2) is 9.04. The van der Waals surface area contributed by atoms with Crippen molar-refractivity contribution in [2.75, 3.05) is 17.2 Å². The van der Waals surface area contributed by atoms with E-state index in [1.165, 1.54) is 5.06 Å². The number of amides is 3. The van der Waals surface area contributed by atoms with Crippen molar-refractivity contribution in [3.8, 4) is 11.3 Å². The first-order valence-corrected chi connectivity index (χ1v) is 12.0. The van der Waals surface area contributed by atoms with Gasteiger partial charge in [-0.3, -0.25) is 14.6 Å². The summed E-state index contributed by atoms with van der Waals surface area (Å²) in [6.07, 6.45) is 5.99. The molecule has 2 fully saturated rings. The molecule has 2 aliphatic rings. The normalized spacial score (nSPS) is 17.4. The minimum atomic E-state index is -0.350. The number of hydrogen-bond donors (Lipinski definition) is 2. The molecule has 1 saturated carbocycles. The van der Waals surface area contributed by atoms with Crippen LogP contribution in [0.15, 0.2) is 60.9 Å². The number of anilines is 2. The number of rotatable bonds is 5. The molecule has 6 rings (SSSR count). The summed E-state index contributed by atoms with van der Waals surface area (Å²) >= 11 is 0. The average molecular weight is 484 g/mol. The summed E-state index contributed by atoms with van der Waals surface area (Å²) in [6, 6.07) is 14.9. The highest BCUT2D eigenvalue weighted by Crippen LogP contribution is 2.32. The quantitative estimate of drug-likeness (QED) is 0.436. The number of nitrogens with zero attached hydrogens (tertiary/aromatic N) is 5. The molecule has 0 radical (unpaired) electrons. The van der Waals surface area contributed by atoms with Gasteiger partial charge in [0, 0.05) is 24.1 Å². The number of aromatic nitrogens is 4. The van der Waals surface area contributed by atoms with Gasteiger partial charge in [0.2, 0.25) is 5.91 Å². The number of aryl methyl sites for hydroxylation is 1. The maximum Gasteiger partial charge on any atom is 0.346 e. The van der Waals surface area contributed by atoms with Crippen molar-refractivity contribution < 1.29 is 14.4 Å². The number of nitrogens with one attached hydrogen (secondary N) is 2. The number of imidazole rings is 1. The number of pyridine rings is 1. The molecule has 4 heterocycles. The first-order valence-electron chi connectivity index (χ1n) is 12.0. The molecule has 3 amide bonds. The highest BCUT2D eigenvalue weighted by Gasteiger charge is 2.32. The molecule has 36 heavy (non-hydrogen) atoms. The Balaban J connectivity index is 1.22. The highest BCUT2D eigenvalue weighted by molar-refractivity contribution is 5.93. The molecule has 1 aliphatic heterocycles. The molecule has 3 aromatic heterocycles. The molecule has 1 aromatic carbocycles. The Hall–Kier alpha value is -4.31. The molecular weight excluding hydrogens is 458 g/mol. The lowest BCUT2D eigenvalue weighted by molar-refractivity contribution is -0.117. The van der Waals surface area contributed by atoms with Crippen molar-refractivity contribution in [1.82, 2.24) is 24.6 Å². The summed E-state index contributed by atoms with van der Waals surface area (Å²) < 4.78 is 1.62. The van der Waals surface area contributed by atoms with Gasteiger partial charge >= 0.3 is 6.03 Å². The molecular formula is C26H25N7O3. The van der Waals surface area contributed by atoms with E-state index in [-0.39, 0.29) is 23.9 Å². The van der Waals surface area contributed by atoms with Gasteiger partial charge < -0.3 is 10.6 Å². The van der Waals surface area contributed by atoms with E-state index in [0.717, 1.165) is 30.4 Å². The van der Waals surface area contributed by atoms with E-state index >= 15 is 0 Å². The van der Waals surface area contributed by atoms with E-state index in [0.29, 0.717) is 35.1 Å². The topological polar surface area (TPSA) is 114 Å². The van der Waals surface area contributed by atoms with Gasteiger partial charge in [-0.2, -0.15) is 10.2 Å². The molecule has 0 spiro atoms. The SMILES string of the molecule is Cc1ncc(-c2ccc3nc(NC(=O)C4CC4)cn3n2)cc1NC(=O)N1OCC[C@H]1c1ccccc1. The molecule has 0 bridgehead atoms. The molecule has 10 nitrogen and oxygen atoms in total. The van der Waals surface area contributed by atoms with Crippen LogP contribution in [-0.2, 0) is 9.63 Å². The van der Waals surface area contributed by atoms with Crippen LogP contribution in [0.1, 0.15) is 36.6 Å². The first kappa shape index (κ1) is 22.2. The van der Waals surface area contributed by atoms with Crippen molar-refractivity contribution in [2.45, 2.75) is 32.2 Å². The van der Waals surface area contributed by atoms with Crippen LogP contribution in [0, 0.1) is 12.8 Å². The van der Waals surface area contributed by atoms with E-state index in [4.69, 9.17) is 4.84 Å². The van der Waals surface area contributed by atoms with Crippen molar-refractivity contribution in [2.24, 2.45) is 5.92 Å². The zero-order valence-electron chi connectivity index (χ0n) is 19.7. The van der Waals surface area contributed by atoms with Gasteiger partial charge in [-0.1, -0.05) is 30.3 Å². The van der Waals surface area contributed by atoms with Crippen LogP contribution in [0.3, 0.4) is 0 Å². The predicted octanol–water partition coefficient (Wildman–Crippen LogP) is 4.36. The van der Waals surface area contributed by atoms with Crippen LogP contribution >= 0.6 is 0 Å². The molecule has 1 saturated heterocycles. The third-order valence-corrected chi connectivity index (χ3v) is 6.43. The lowest BCUT2D eigenvalue weighted by Gasteiger charge is -2.23. The number of urea groups is 1. The van der Waals surface area contributed by atoms with Gasteiger partial charge in [-0.25, -0.2) is 14.3 Å². The van der Waals surface area contributed by atoms with Gasteiger partial charge in [0.25, 0.3) is 0 Å². The Morgan fingerprint density at radius 3 is 2.69 bits per heavy atom. The highest BCUT2D eigenvalue weighted by atomic mass is 16.7. The monoisotopic (exact) mass is 483 g/mol. The number of carbonyl (C=O) groups excluding carboxylic acids is 2. The molecule has 2 N–H and O–H groups in total. The number of benzene rings is 1. The molecule has 10 heteroatoms. The third-order valence-electron chi connectivity index (χ3n) is 6.43. The van der Waals surface area contributed by atoms with E-state index in [1.807, 2.05) is 55.5 Å². The van der Waals surface area contributed by atoms with Crippen LogP contribution in [-0.4, -0.2) is 43.2 Å². The van der Waals surface area contributed by atoms with Crippen LogP contribution in [0.4, 0.5) is 16.3 Å². The Morgan fingerprint density at radius 2 is 1.89 bits per heavy atom. The van der Waals surface area contributed by atoms with Crippen LogP contribution < -0.4 is 10.6 Å². The maximum atomic E-state index is 13.1. The van der Waals surface area contributed by atoms with Crippen LogP contribution in [0.5, 0.6) is 0 Å². The predicted molar refractivity (Wildman–Crippen MR) is 133 cm³/mol. The summed E-state index contributed by atoms with van der Waals surface area (Å²) in [7, 11) is 0. The van der Waals surface area contributed by atoms with Crippen LogP contribution in [0.25, 0.3) is 16.9 Å². The van der Waals surface area contributed by atoms with Crippen molar-refractivity contribution in [1.29, 1.82) is 0 Å². The first-order chi connectivity index (χ1) is 17.5. The molecule has 1 atom stereocenters. The fourth-order valence-corrected chi connectivity index (χ4v) is 4.29. The van der Waals surface area contributed by atoms with Gasteiger partial charge in [-0.05, 0) is 43.5 Å². The van der Waals surface area contributed by atoms with E-state index in [1.54, 1.807) is 16.9 Å².